The third-order valence-electron chi connectivity index (χ3n) is 2.84. The molecule has 2 aromatic rings. The van der Waals surface area contributed by atoms with Crippen molar-refractivity contribution in [2.75, 3.05) is 26.6 Å². The van der Waals surface area contributed by atoms with Gasteiger partial charge in [0.2, 0.25) is 0 Å². The van der Waals surface area contributed by atoms with E-state index >= 15 is 0 Å². The summed E-state index contributed by atoms with van der Waals surface area (Å²) in [6.45, 7) is 0. The maximum Gasteiger partial charge on any atom is 0.294 e. The summed E-state index contributed by atoms with van der Waals surface area (Å²) in [5.74, 6) is 2.44. The van der Waals surface area contributed by atoms with Crippen LogP contribution in [0.1, 0.15) is 11.3 Å². The van der Waals surface area contributed by atoms with Gasteiger partial charge in [0.15, 0.2) is 0 Å². The minimum atomic E-state index is 0.540. The van der Waals surface area contributed by atoms with Gasteiger partial charge in [0.25, 0.3) is 6.01 Å². The second kappa shape index (κ2) is 6.13. The number of anilines is 1. The van der Waals surface area contributed by atoms with Crippen molar-refractivity contribution < 1.29 is 13.9 Å². The molecule has 1 N–H and O–H groups in total. The fourth-order valence-electron chi connectivity index (χ4n) is 1.82. The van der Waals surface area contributed by atoms with Gasteiger partial charge in [-0.1, -0.05) is 0 Å². The summed E-state index contributed by atoms with van der Waals surface area (Å²) in [6, 6.07) is 6.39. The average molecular weight is 262 g/mol. The second-order valence-corrected chi connectivity index (χ2v) is 4.10. The summed E-state index contributed by atoms with van der Waals surface area (Å²) in [7, 11) is 5.07. The minimum Gasteiger partial charge on any atom is -0.497 e. The van der Waals surface area contributed by atoms with Gasteiger partial charge in [-0.25, -0.2) is 4.98 Å². The average Bonchev–Trinajstić information content (AvgIpc) is 2.92. The Kier molecular flexibility index (Phi) is 4.28. The number of aryl methyl sites for hydroxylation is 2. The van der Waals surface area contributed by atoms with E-state index in [2.05, 4.69) is 10.3 Å². The molecule has 5 nitrogen and oxygen atoms in total. The molecule has 0 saturated heterocycles. The van der Waals surface area contributed by atoms with Crippen molar-refractivity contribution in [2.45, 2.75) is 12.8 Å². The van der Waals surface area contributed by atoms with Crippen LogP contribution >= 0.6 is 0 Å². The van der Waals surface area contributed by atoms with Crippen LogP contribution in [0.25, 0.3) is 0 Å². The molecule has 5 heteroatoms. The zero-order valence-electron chi connectivity index (χ0n) is 11.4. The van der Waals surface area contributed by atoms with Crippen LogP contribution in [0.3, 0.4) is 0 Å². The lowest BCUT2D eigenvalue weighted by Gasteiger charge is -2.07. The molecule has 0 bridgehead atoms. The SMILES string of the molecule is CNc1ncc(CCc2cc(OC)cc(OC)c2)o1. The number of hydrogen-bond acceptors (Lipinski definition) is 5. The third-order valence-corrected chi connectivity index (χ3v) is 2.84. The van der Waals surface area contributed by atoms with Gasteiger partial charge in [-0.3, -0.25) is 0 Å². The Morgan fingerprint density at radius 3 is 2.32 bits per heavy atom. The molecule has 0 atom stereocenters. The van der Waals surface area contributed by atoms with Crippen molar-refractivity contribution in [3.05, 3.63) is 35.7 Å². The monoisotopic (exact) mass is 262 g/mol. The topological polar surface area (TPSA) is 56.5 Å². The number of aromatic nitrogens is 1. The lowest BCUT2D eigenvalue weighted by atomic mass is 10.1. The zero-order valence-corrected chi connectivity index (χ0v) is 11.4. The van der Waals surface area contributed by atoms with Crippen LogP contribution in [0, 0.1) is 0 Å². The van der Waals surface area contributed by atoms with Crippen LogP contribution in [-0.4, -0.2) is 26.3 Å². The summed E-state index contributed by atoms with van der Waals surface area (Å²) in [4.78, 5) is 4.09. The van der Waals surface area contributed by atoms with Crippen LogP contribution in [0.15, 0.2) is 28.8 Å². The first-order valence-corrected chi connectivity index (χ1v) is 6.09. The minimum absolute atomic E-state index is 0.540. The van der Waals surface area contributed by atoms with Gasteiger partial charge >= 0.3 is 0 Å². The van der Waals surface area contributed by atoms with Gasteiger partial charge in [0, 0.05) is 19.5 Å². The van der Waals surface area contributed by atoms with Crippen LogP contribution in [-0.2, 0) is 12.8 Å². The molecule has 0 radical (unpaired) electrons. The number of nitrogens with zero attached hydrogens (tertiary/aromatic N) is 1. The third kappa shape index (κ3) is 3.40. The molecule has 19 heavy (non-hydrogen) atoms. The van der Waals surface area contributed by atoms with Gasteiger partial charge in [-0.05, 0) is 24.1 Å². The van der Waals surface area contributed by atoms with Crippen LogP contribution in [0.5, 0.6) is 11.5 Å². The zero-order chi connectivity index (χ0) is 13.7. The summed E-state index contributed by atoms with van der Waals surface area (Å²) in [6.07, 6.45) is 3.36. The molecule has 0 aliphatic carbocycles. The highest BCUT2D eigenvalue weighted by Gasteiger charge is 2.05. The summed E-state index contributed by atoms with van der Waals surface area (Å²) in [5.41, 5.74) is 1.14. The van der Waals surface area contributed by atoms with Crippen molar-refractivity contribution in [1.82, 2.24) is 4.98 Å². The number of methoxy groups -OCH3 is 2. The van der Waals surface area contributed by atoms with Crippen molar-refractivity contribution >= 4 is 6.01 Å². The predicted octanol–water partition coefficient (Wildman–Crippen LogP) is 2.52. The van der Waals surface area contributed by atoms with Crippen molar-refractivity contribution in [3.8, 4) is 11.5 Å². The van der Waals surface area contributed by atoms with E-state index in [1.54, 1.807) is 27.5 Å². The van der Waals surface area contributed by atoms with E-state index < -0.39 is 0 Å². The summed E-state index contributed by atoms with van der Waals surface area (Å²) < 4.78 is 16.0. The molecule has 0 aliphatic heterocycles. The first kappa shape index (κ1) is 13.3. The molecular weight excluding hydrogens is 244 g/mol. The lowest BCUT2D eigenvalue weighted by Crippen LogP contribution is -1.94. The number of nitrogens with one attached hydrogen (secondary N) is 1. The summed E-state index contributed by atoms with van der Waals surface area (Å²) in [5, 5.41) is 2.86. The summed E-state index contributed by atoms with van der Waals surface area (Å²) >= 11 is 0. The number of rotatable bonds is 6. The second-order valence-electron chi connectivity index (χ2n) is 4.10. The highest BCUT2D eigenvalue weighted by molar-refractivity contribution is 5.38. The Morgan fingerprint density at radius 2 is 1.79 bits per heavy atom. The Hall–Kier alpha value is -2.17. The van der Waals surface area contributed by atoms with E-state index in [9.17, 15) is 0 Å². The van der Waals surface area contributed by atoms with Crippen LogP contribution in [0.4, 0.5) is 6.01 Å². The van der Waals surface area contributed by atoms with Gasteiger partial charge in [0.1, 0.15) is 17.3 Å². The molecule has 0 saturated carbocycles. The molecule has 1 aromatic carbocycles. The quantitative estimate of drug-likeness (QED) is 0.867. The van der Waals surface area contributed by atoms with E-state index in [4.69, 9.17) is 13.9 Å². The first-order valence-electron chi connectivity index (χ1n) is 6.09. The molecule has 0 unspecified atom stereocenters. The fraction of sp³-hybridized carbons (Fsp3) is 0.357. The van der Waals surface area contributed by atoms with Gasteiger partial charge in [0.05, 0.1) is 20.4 Å². The smallest absolute Gasteiger partial charge is 0.294 e. The normalized spacial score (nSPS) is 10.3. The maximum atomic E-state index is 5.48. The van der Waals surface area contributed by atoms with Crippen molar-refractivity contribution in [1.29, 1.82) is 0 Å². The van der Waals surface area contributed by atoms with Crippen LogP contribution in [0.2, 0.25) is 0 Å². The Balaban J connectivity index is 2.05. The van der Waals surface area contributed by atoms with E-state index in [-0.39, 0.29) is 0 Å². The molecule has 0 spiro atoms. The van der Waals surface area contributed by atoms with Crippen molar-refractivity contribution in [2.24, 2.45) is 0 Å². The van der Waals surface area contributed by atoms with E-state index in [1.807, 2.05) is 18.2 Å². The highest BCUT2D eigenvalue weighted by Crippen LogP contribution is 2.23. The largest absolute Gasteiger partial charge is 0.497 e. The number of ether oxygens (including phenoxy) is 2. The maximum absolute atomic E-state index is 5.48. The molecule has 0 fully saturated rings. The number of benzene rings is 1. The molecule has 2 rings (SSSR count). The molecule has 1 aromatic heterocycles. The molecule has 0 amide bonds. The van der Waals surface area contributed by atoms with Gasteiger partial charge < -0.3 is 19.2 Å². The van der Waals surface area contributed by atoms with Crippen LogP contribution < -0.4 is 14.8 Å². The van der Waals surface area contributed by atoms with Gasteiger partial charge in [-0.2, -0.15) is 0 Å². The number of hydrogen-bond donors (Lipinski definition) is 1. The Labute approximate surface area is 112 Å². The first-order chi connectivity index (χ1) is 9.25. The number of oxazole rings is 1. The molecular formula is C14H18N2O3. The molecule has 1 heterocycles. The Bertz CT molecular complexity index is 515. The molecule has 102 valence electrons. The van der Waals surface area contributed by atoms with E-state index in [1.165, 1.54) is 0 Å². The lowest BCUT2D eigenvalue weighted by molar-refractivity contribution is 0.393. The fourth-order valence-corrected chi connectivity index (χ4v) is 1.82. The highest BCUT2D eigenvalue weighted by atomic mass is 16.5. The van der Waals surface area contributed by atoms with Gasteiger partial charge in [-0.15, -0.1) is 0 Å². The standard InChI is InChI=1S/C14H18N2O3/c1-15-14-16-9-11(19-14)5-4-10-6-12(17-2)8-13(7-10)18-3/h6-9H,4-5H2,1-3H3,(H,15,16). The van der Waals surface area contributed by atoms with E-state index in [0.29, 0.717) is 6.01 Å². The Morgan fingerprint density at radius 1 is 1.11 bits per heavy atom. The van der Waals surface area contributed by atoms with E-state index in [0.717, 1.165) is 35.7 Å². The predicted molar refractivity (Wildman–Crippen MR) is 73.0 cm³/mol. The molecule has 0 aliphatic rings. The van der Waals surface area contributed by atoms with Crippen molar-refractivity contribution in [3.63, 3.8) is 0 Å².